The fourth-order valence-corrected chi connectivity index (χ4v) is 4.12. The molecule has 0 radical (unpaired) electrons. The van der Waals surface area contributed by atoms with E-state index in [0.717, 1.165) is 17.3 Å². The maximum atomic E-state index is 12.4. The number of thiophene rings is 1. The first kappa shape index (κ1) is 12.3. The summed E-state index contributed by atoms with van der Waals surface area (Å²) in [6.45, 7) is 3.38. The summed E-state index contributed by atoms with van der Waals surface area (Å²) in [6.07, 6.45) is 4.21. The van der Waals surface area contributed by atoms with Crippen LogP contribution in [0, 0.1) is 5.92 Å². The molecule has 3 aliphatic heterocycles. The number of amides is 1. The van der Waals surface area contributed by atoms with Gasteiger partial charge in [-0.2, -0.15) is 11.3 Å². The van der Waals surface area contributed by atoms with Gasteiger partial charge < -0.3 is 10.2 Å². The van der Waals surface area contributed by atoms with Gasteiger partial charge in [0.2, 0.25) is 0 Å². The minimum Gasteiger partial charge on any atom is -0.346 e. The molecule has 0 aromatic carbocycles. The van der Waals surface area contributed by atoms with Gasteiger partial charge in [-0.3, -0.25) is 9.78 Å². The van der Waals surface area contributed by atoms with E-state index >= 15 is 0 Å². The number of carbonyl (C=O) groups excluding carboxylic acids is 1. The molecule has 20 heavy (non-hydrogen) atoms. The van der Waals surface area contributed by atoms with E-state index in [9.17, 15) is 4.79 Å². The third-order valence-electron chi connectivity index (χ3n) is 4.56. The van der Waals surface area contributed by atoms with Crippen LogP contribution in [0.15, 0.2) is 23.0 Å². The van der Waals surface area contributed by atoms with Gasteiger partial charge in [-0.1, -0.05) is 0 Å². The van der Waals surface area contributed by atoms with Crippen LogP contribution in [0.5, 0.6) is 0 Å². The average molecular weight is 287 g/mol. The zero-order chi connectivity index (χ0) is 13.5. The van der Waals surface area contributed by atoms with Crippen LogP contribution in [-0.4, -0.2) is 41.5 Å². The number of fused-ring (bicyclic) bond motifs is 4. The lowest BCUT2D eigenvalue weighted by Crippen LogP contribution is -2.57. The molecule has 3 saturated heterocycles. The Kier molecular flexibility index (Phi) is 2.97. The van der Waals surface area contributed by atoms with Crippen LogP contribution < -0.4 is 5.32 Å². The predicted molar refractivity (Wildman–Crippen MR) is 80.0 cm³/mol. The van der Waals surface area contributed by atoms with Crippen molar-refractivity contribution in [1.82, 2.24) is 15.2 Å². The number of piperidine rings is 3. The zero-order valence-electron chi connectivity index (χ0n) is 11.2. The van der Waals surface area contributed by atoms with Crippen LogP contribution in [0.3, 0.4) is 0 Å². The van der Waals surface area contributed by atoms with Gasteiger partial charge in [0.15, 0.2) is 0 Å². The lowest BCUT2D eigenvalue weighted by molar-refractivity contribution is 0.0618. The molecule has 0 unspecified atom stereocenters. The number of aromatic nitrogens is 1. The second-order valence-corrected chi connectivity index (χ2v) is 6.53. The fraction of sp³-hybridized carbons (Fsp3) is 0.467. The topological polar surface area (TPSA) is 45.2 Å². The van der Waals surface area contributed by atoms with Gasteiger partial charge in [-0.15, -0.1) is 0 Å². The summed E-state index contributed by atoms with van der Waals surface area (Å²) in [7, 11) is 0. The van der Waals surface area contributed by atoms with E-state index in [1.165, 1.54) is 25.9 Å². The second kappa shape index (κ2) is 4.82. The molecule has 1 N–H and O–H groups in total. The van der Waals surface area contributed by atoms with Crippen molar-refractivity contribution in [2.75, 3.05) is 19.6 Å². The van der Waals surface area contributed by atoms with Crippen molar-refractivity contribution in [3.05, 3.63) is 28.7 Å². The number of nitrogens with one attached hydrogen (secondary N) is 1. The molecule has 1 amide bonds. The molecule has 0 aliphatic carbocycles. The summed E-state index contributed by atoms with van der Waals surface area (Å²) in [6, 6.07) is 2.19. The number of hydrogen-bond donors (Lipinski definition) is 1. The molecular weight excluding hydrogens is 270 g/mol. The molecule has 2 bridgehead atoms. The summed E-state index contributed by atoms with van der Waals surface area (Å²) in [5.74, 6) is 0.616. The van der Waals surface area contributed by atoms with Gasteiger partial charge in [0.05, 0.1) is 0 Å². The minimum atomic E-state index is -0.0307. The maximum absolute atomic E-state index is 12.4. The van der Waals surface area contributed by atoms with Crippen molar-refractivity contribution in [1.29, 1.82) is 0 Å². The van der Waals surface area contributed by atoms with Crippen LogP contribution in [-0.2, 0) is 0 Å². The lowest BCUT2D eigenvalue weighted by atomic mass is 9.84. The summed E-state index contributed by atoms with van der Waals surface area (Å²) in [5.41, 5.74) is 0.535. The van der Waals surface area contributed by atoms with Gasteiger partial charge in [0.25, 0.3) is 5.91 Å². The Morgan fingerprint density at radius 3 is 2.85 bits per heavy atom. The largest absolute Gasteiger partial charge is 0.346 e. The molecular formula is C15H17N3OS. The summed E-state index contributed by atoms with van der Waals surface area (Å²) >= 11 is 1.64. The van der Waals surface area contributed by atoms with Crippen LogP contribution in [0.4, 0.5) is 0 Å². The number of rotatable bonds is 2. The Morgan fingerprint density at radius 2 is 2.10 bits per heavy atom. The standard InChI is InChI=1S/C15H17N3OS/c19-15(13-5-11-8-20-9-12(11)6-16-13)17-14-7-18-3-1-10(14)2-4-18/h5-6,8-10,14H,1-4,7H2,(H,17,19)/t14-/m0/s1. The van der Waals surface area contributed by atoms with Crippen LogP contribution >= 0.6 is 11.3 Å². The van der Waals surface area contributed by atoms with E-state index in [-0.39, 0.29) is 5.91 Å². The Bertz CT molecular complexity index is 645. The van der Waals surface area contributed by atoms with Gasteiger partial charge in [0, 0.05) is 29.5 Å². The Morgan fingerprint density at radius 1 is 1.30 bits per heavy atom. The summed E-state index contributed by atoms with van der Waals surface area (Å²) in [4.78, 5) is 19.1. The van der Waals surface area contributed by atoms with Crippen LogP contribution in [0.25, 0.3) is 10.8 Å². The van der Waals surface area contributed by atoms with E-state index in [1.807, 2.05) is 6.07 Å². The highest BCUT2D eigenvalue weighted by molar-refractivity contribution is 7.09. The van der Waals surface area contributed by atoms with Crippen molar-refractivity contribution in [2.24, 2.45) is 5.92 Å². The molecule has 5 rings (SSSR count). The number of carbonyl (C=O) groups is 1. The van der Waals surface area contributed by atoms with Crippen molar-refractivity contribution in [2.45, 2.75) is 18.9 Å². The first-order valence-corrected chi connectivity index (χ1v) is 8.09. The fourth-order valence-electron chi connectivity index (χ4n) is 3.36. The molecule has 3 aliphatic rings. The number of hydrogen-bond acceptors (Lipinski definition) is 4. The molecule has 104 valence electrons. The van der Waals surface area contributed by atoms with Crippen LogP contribution in [0.2, 0.25) is 0 Å². The molecule has 4 nitrogen and oxygen atoms in total. The van der Waals surface area contributed by atoms with E-state index in [1.54, 1.807) is 17.5 Å². The lowest BCUT2D eigenvalue weighted by Gasteiger charge is -2.44. The smallest absolute Gasteiger partial charge is 0.270 e. The molecule has 2 aromatic heterocycles. The van der Waals surface area contributed by atoms with Crippen molar-refractivity contribution in [3.8, 4) is 0 Å². The minimum absolute atomic E-state index is 0.0307. The molecule has 3 fully saturated rings. The third-order valence-corrected chi connectivity index (χ3v) is 5.34. The van der Waals surface area contributed by atoms with E-state index in [2.05, 4.69) is 26.0 Å². The second-order valence-electron chi connectivity index (χ2n) is 5.79. The number of pyridine rings is 1. The van der Waals surface area contributed by atoms with Crippen LogP contribution in [0.1, 0.15) is 23.3 Å². The molecule has 0 saturated carbocycles. The van der Waals surface area contributed by atoms with E-state index < -0.39 is 0 Å². The molecule has 2 aromatic rings. The van der Waals surface area contributed by atoms with Crippen molar-refractivity contribution in [3.63, 3.8) is 0 Å². The molecule has 5 heterocycles. The summed E-state index contributed by atoms with van der Waals surface area (Å²) in [5, 5.41) is 9.50. The molecule has 5 heteroatoms. The number of nitrogens with zero attached hydrogens (tertiary/aromatic N) is 2. The normalized spacial score (nSPS) is 28.7. The highest BCUT2D eigenvalue weighted by atomic mass is 32.1. The Hall–Kier alpha value is -1.46. The van der Waals surface area contributed by atoms with Gasteiger partial charge in [-0.05, 0) is 48.7 Å². The first-order valence-electron chi connectivity index (χ1n) is 7.15. The summed E-state index contributed by atoms with van der Waals surface area (Å²) < 4.78 is 0. The van der Waals surface area contributed by atoms with Gasteiger partial charge >= 0.3 is 0 Å². The van der Waals surface area contributed by atoms with E-state index in [0.29, 0.717) is 17.7 Å². The SMILES string of the molecule is O=C(N[C@H]1CN2CCC1CC2)c1cc2cscc2cn1. The third kappa shape index (κ3) is 2.11. The highest BCUT2D eigenvalue weighted by Gasteiger charge is 2.35. The first-order chi connectivity index (χ1) is 9.79. The average Bonchev–Trinajstić information content (AvgIpc) is 2.96. The zero-order valence-corrected chi connectivity index (χ0v) is 12.0. The quantitative estimate of drug-likeness (QED) is 0.920. The van der Waals surface area contributed by atoms with Crippen molar-refractivity contribution >= 4 is 28.0 Å². The molecule has 0 spiro atoms. The Balaban J connectivity index is 1.52. The monoisotopic (exact) mass is 287 g/mol. The molecule has 1 atom stereocenters. The predicted octanol–water partition coefficient (Wildman–Crippen LogP) is 2.12. The van der Waals surface area contributed by atoms with E-state index in [4.69, 9.17) is 0 Å². The Labute approximate surface area is 121 Å². The van der Waals surface area contributed by atoms with Crippen molar-refractivity contribution < 1.29 is 4.79 Å². The maximum Gasteiger partial charge on any atom is 0.270 e. The van der Waals surface area contributed by atoms with Gasteiger partial charge in [0.1, 0.15) is 5.69 Å². The van der Waals surface area contributed by atoms with Gasteiger partial charge in [-0.25, -0.2) is 0 Å². The highest BCUT2D eigenvalue weighted by Crippen LogP contribution is 2.27.